The third kappa shape index (κ3) is 9.67. The second-order valence-corrected chi connectivity index (χ2v) is 9.59. The van der Waals surface area contributed by atoms with E-state index in [-0.39, 0.29) is 30.7 Å². The van der Waals surface area contributed by atoms with Gasteiger partial charge in [0.15, 0.2) is 5.13 Å². The van der Waals surface area contributed by atoms with Gasteiger partial charge in [-0.25, -0.2) is 14.8 Å². The highest BCUT2D eigenvalue weighted by atomic mass is 32.1. The molecular weight excluding hydrogens is 520 g/mol. The fourth-order valence-corrected chi connectivity index (χ4v) is 4.55. The molecule has 3 rings (SSSR count). The normalized spacial score (nSPS) is 10.7. The van der Waals surface area contributed by atoms with Crippen LogP contribution in [-0.4, -0.2) is 58.7 Å². The van der Waals surface area contributed by atoms with Crippen molar-refractivity contribution in [2.75, 3.05) is 18.9 Å². The van der Waals surface area contributed by atoms with E-state index in [2.05, 4.69) is 25.9 Å². The number of anilines is 1. The number of carbonyl (C=O) groups is 4. The molecule has 0 fully saturated rings. The van der Waals surface area contributed by atoms with Crippen LogP contribution in [0.3, 0.4) is 0 Å². The molecule has 39 heavy (non-hydrogen) atoms. The number of hydrogen-bond donors (Lipinski definition) is 4. The van der Waals surface area contributed by atoms with Gasteiger partial charge in [-0.2, -0.15) is 0 Å². The van der Waals surface area contributed by atoms with Crippen molar-refractivity contribution in [2.45, 2.75) is 32.7 Å². The second-order valence-electron chi connectivity index (χ2n) is 8.59. The molecule has 0 saturated heterocycles. The third-order valence-corrected chi connectivity index (χ3v) is 6.50. The van der Waals surface area contributed by atoms with Crippen molar-refractivity contribution in [1.82, 2.24) is 20.5 Å². The number of carbonyl (C=O) groups excluding carboxylic acids is 3. The molecule has 0 aliphatic rings. The standard InChI is InChI=1S/C27H30N6O5S/c1-18(34)31-26-32-22(13-10-19-8-11-21(12-9-19)29-17-30-27(37)38)24(39-26)25(36)28-15-14-23(35)33(2)16-20-6-4-3-5-7-20/h3-9,11-12,17H,10,13-16H2,1-2H3,(H,28,36)(H,29,30)(H,37,38)(H,31,32,34). The lowest BCUT2D eigenvalue weighted by molar-refractivity contribution is -0.130. The molecule has 3 aromatic rings. The third-order valence-electron chi connectivity index (χ3n) is 5.49. The molecule has 1 aromatic heterocycles. The Morgan fingerprint density at radius 3 is 2.41 bits per heavy atom. The monoisotopic (exact) mass is 550 g/mol. The van der Waals surface area contributed by atoms with Crippen molar-refractivity contribution in [2.24, 2.45) is 4.99 Å². The second kappa shape index (κ2) is 14.4. The van der Waals surface area contributed by atoms with Crippen LogP contribution < -0.4 is 16.0 Å². The molecule has 4 N–H and O–H groups in total. The SMILES string of the molecule is CC(=O)Nc1nc(CCc2ccc(N=CNC(=O)O)cc2)c(C(=O)NCCC(=O)N(C)Cc2ccccc2)s1. The fraction of sp³-hybridized carbons (Fsp3) is 0.259. The molecule has 0 atom stereocenters. The van der Waals surface area contributed by atoms with Gasteiger partial charge in [0.25, 0.3) is 5.91 Å². The maximum absolute atomic E-state index is 13.0. The van der Waals surface area contributed by atoms with Gasteiger partial charge in [-0.15, -0.1) is 0 Å². The zero-order chi connectivity index (χ0) is 28.2. The minimum Gasteiger partial charge on any atom is -0.465 e. The van der Waals surface area contributed by atoms with E-state index in [1.807, 2.05) is 42.5 Å². The molecule has 0 bridgehead atoms. The largest absolute Gasteiger partial charge is 0.465 e. The van der Waals surface area contributed by atoms with E-state index < -0.39 is 6.09 Å². The number of aryl methyl sites for hydroxylation is 2. The topological polar surface area (TPSA) is 153 Å². The first-order valence-electron chi connectivity index (χ1n) is 12.2. The first-order valence-corrected chi connectivity index (χ1v) is 13.0. The molecule has 1 heterocycles. The number of aliphatic imine (C=N–C) groups is 1. The van der Waals surface area contributed by atoms with Gasteiger partial charge >= 0.3 is 6.09 Å². The Morgan fingerprint density at radius 2 is 1.74 bits per heavy atom. The number of nitrogens with one attached hydrogen (secondary N) is 3. The van der Waals surface area contributed by atoms with Crippen molar-refractivity contribution in [1.29, 1.82) is 0 Å². The lowest BCUT2D eigenvalue weighted by Crippen LogP contribution is -2.32. The maximum atomic E-state index is 13.0. The Bertz CT molecular complexity index is 1320. The Morgan fingerprint density at radius 1 is 1.03 bits per heavy atom. The van der Waals surface area contributed by atoms with Gasteiger partial charge in [0, 0.05) is 33.5 Å². The average molecular weight is 551 g/mol. The molecular formula is C27H30N6O5S. The molecule has 0 unspecified atom stereocenters. The van der Waals surface area contributed by atoms with Gasteiger partial charge < -0.3 is 20.6 Å². The number of aromatic nitrogens is 1. The van der Waals surface area contributed by atoms with Crippen LogP contribution in [0.2, 0.25) is 0 Å². The summed E-state index contributed by atoms with van der Waals surface area (Å²) in [5, 5.41) is 16.4. The van der Waals surface area contributed by atoms with Crippen LogP contribution in [0.5, 0.6) is 0 Å². The van der Waals surface area contributed by atoms with Crippen LogP contribution in [-0.2, 0) is 29.0 Å². The molecule has 0 radical (unpaired) electrons. The molecule has 0 aliphatic carbocycles. The molecule has 204 valence electrons. The van der Waals surface area contributed by atoms with Gasteiger partial charge in [-0.3, -0.25) is 19.7 Å². The van der Waals surface area contributed by atoms with Crippen LogP contribution in [0, 0.1) is 0 Å². The number of hydrogen-bond acceptors (Lipinski definition) is 7. The molecule has 0 spiro atoms. The van der Waals surface area contributed by atoms with Crippen molar-refractivity contribution in [3.63, 3.8) is 0 Å². The van der Waals surface area contributed by atoms with Gasteiger partial charge in [0.05, 0.1) is 17.7 Å². The number of nitrogens with zero attached hydrogens (tertiary/aromatic N) is 3. The Balaban J connectivity index is 1.58. The van der Waals surface area contributed by atoms with Gasteiger partial charge in [0.1, 0.15) is 4.88 Å². The number of amides is 4. The first-order chi connectivity index (χ1) is 18.7. The molecule has 11 nitrogen and oxygen atoms in total. The van der Waals surface area contributed by atoms with Crippen molar-refractivity contribution in [3.05, 3.63) is 76.3 Å². The number of thiazole rings is 1. The summed E-state index contributed by atoms with van der Waals surface area (Å²) in [5.74, 6) is -0.731. The van der Waals surface area contributed by atoms with E-state index >= 15 is 0 Å². The minimum absolute atomic E-state index is 0.0888. The van der Waals surface area contributed by atoms with Gasteiger partial charge in [-0.1, -0.05) is 53.8 Å². The number of carboxylic acid groups (broad SMARTS) is 1. The van der Waals surface area contributed by atoms with E-state index in [0.717, 1.165) is 28.8 Å². The molecule has 12 heteroatoms. The van der Waals surface area contributed by atoms with Crippen molar-refractivity contribution < 1.29 is 24.3 Å². The zero-order valence-electron chi connectivity index (χ0n) is 21.6. The Labute approximate surface area is 230 Å². The number of benzene rings is 2. The lowest BCUT2D eigenvalue weighted by Gasteiger charge is -2.17. The average Bonchev–Trinajstić information content (AvgIpc) is 3.30. The predicted molar refractivity (Wildman–Crippen MR) is 149 cm³/mol. The van der Waals surface area contributed by atoms with Crippen LogP contribution in [0.15, 0.2) is 59.6 Å². The van der Waals surface area contributed by atoms with E-state index in [1.165, 1.54) is 6.92 Å². The van der Waals surface area contributed by atoms with Crippen molar-refractivity contribution in [3.8, 4) is 0 Å². The maximum Gasteiger partial charge on any atom is 0.409 e. The van der Waals surface area contributed by atoms with Crippen LogP contribution >= 0.6 is 11.3 Å². The summed E-state index contributed by atoms with van der Waals surface area (Å²) >= 11 is 1.09. The smallest absolute Gasteiger partial charge is 0.409 e. The highest BCUT2D eigenvalue weighted by molar-refractivity contribution is 7.17. The quantitative estimate of drug-likeness (QED) is 0.200. The van der Waals surface area contributed by atoms with E-state index in [9.17, 15) is 19.2 Å². The summed E-state index contributed by atoms with van der Waals surface area (Å²) in [5.41, 5.74) is 3.11. The van der Waals surface area contributed by atoms with E-state index in [1.54, 1.807) is 24.1 Å². The summed E-state index contributed by atoms with van der Waals surface area (Å²) < 4.78 is 0. The molecule has 0 saturated carbocycles. The highest BCUT2D eigenvalue weighted by Gasteiger charge is 2.19. The van der Waals surface area contributed by atoms with Gasteiger partial charge in [0.2, 0.25) is 11.8 Å². The fourth-order valence-electron chi connectivity index (χ4n) is 3.58. The van der Waals surface area contributed by atoms with E-state index in [4.69, 9.17) is 5.11 Å². The van der Waals surface area contributed by atoms with Crippen LogP contribution in [0.1, 0.15) is 39.8 Å². The van der Waals surface area contributed by atoms with E-state index in [0.29, 0.717) is 40.8 Å². The number of rotatable bonds is 12. The Hall–Kier alpha value is -4.58. The summed E-state index contributed by atoms with van der Waals surface area (Å²) in [7, 11) is 1.73. The first kappa shape index (κ1) is 29.0. The minimum atomic E-state index is -1.20. The predicted octanol–water partition coefficient (Wildman–Crippen LogP) is 3.59. The van der Waals surface area contributed by atoms with Gasteiger partial charge in [-0.05, 0) is 36.1 Å². The highest BCUT2D eigenvalue weighted by Crippen LogP contribution is 2.25. The molecule has 4 amide bonds. The lowest BCUT2D eigenvalue weighted by atomic mass is 10.1. The molecule has 0 aliphatic heterocycles. The zero-order valence-corrected chi connectivity index (χ0v) is 22.5. The summed E-state index contributed by atoms with van der Waals surface area (Å²) in [6.45, 7) is 2.02. The summed E-state index contributed by atoms with van der Waals surface area (Å²) in [6.07, 6.45) is 1.07. The van der Waals surface area contributed by atoms with Crippen molar-refractivity contribution >= 4 is 52.3 Å². The Kier molecular flexibility index (Phi) is 10.7. The van der Waals surface area contributed by atoms with Crippen LogP contribution in [0.4, 0.5) is 15.6 Å². The summed E-state index contributed by atoms with van der Waals surface area (Å²) in [6, 6.07) is 16.9. The molecule has 2 aromatic carbocycles. The summed E-state index contributed by atoms with van der Waals surface area (Å²) in [4.78, 5) is 58.0. The van der Waals surface area contributed by atoms with Crippen LogP contribution in [0.25, 0.3) is 0 Å².